The lowest BCUT2D eigenvalue weighted by Crippen LogP contribution is -2.15. The number of hydrogen-bond acceptors (Lipinski definition) is 8. The molecule has 2 aromatic carbocycles. The summed E-state index contributed by atoms with van der Waals surface area (Å²) >= 11 is 13.5. The molecule has 1 saturated heterocycles. The van der Waals surface area contributed by atoms with Gasteiger partial charge in [0.15, 0.2) is 0 Å². The van der Waals surface area contributed by atoms with Crippen LogP contribution in [0.4, 0.5) is 23.0 Å². The molecule has 5 rings (SSSR count). The van der Waals surface area contributed by atoms with Crippen molar-refractivity contribution in [1.29, 1.82) is 0 Å². The van der Waals surface area contributed by atoms with Gasteiger partial charge in [0.2, 0.25) is 0 Å². The maximum atomic E-state index is 6.75. The summed E-state index contributed by atoms with van der Waals surface area (Å²) in [6.07, 6.45) is 2.83. The fourth-order valence-electron chi connectivity index (χ4n) is 4.74. The Morgan fingerprint density at radius 1 is 1.08 bits per heavy atom. The lowest BCUT2D eigenvalue weighted by Gasteiger charge is -2.18. The van der Waals surface area contributed by atoms with Crippen LogP contribution >= 0.6 is 23.2 Å². The van der Waals surface area contributed by atoms with Crippen LogP contribution in [0.1, 0.15) is 12.0 Å². The number of fused-ring (bicyclic) bond motifs is 1. The standard InChI is InChI=1S/C29H31Cl2N5O3/c1-16-6-5-7-20(32-2)28(16)36-24-11-19-18(14-33-24)10-21(35-29(19)34-13-17-8-9-39-15-17)25-26(30)22(37-3)12-23(38-4)27(25)31/h5-7,10-12,14,17,32H,8-9,13,15H2,1-4H3,(H,33,36)(H,34,35). The summed E-state index contributed by atoms with van der Waals surface area (Å²) < 4.78 is 16.5. The number of hydrogen-bond donors (Lipinski definition) is 3. The molecule has 2 aromatic heterocycles. The molecule has 204 valence electrons. The van der Waals surface area contributed by atoms with Crippen LogP contribution in [-0.4, -0.2) is 51.0 Å². The molecule has 3 N–H and O–H groups in total. The number of pyridine rings is 2. The van der Waals surface area contributed by atoms with E-state index in [0.29, 0.717) is 50.4 Å². The minimum atomic E-state index is 0.357. The highest BCUT2D eigenvalue weighted by Gasteiger charge is 2.22. The highest BCUT2D eigenvalue weighted by Crippen LogP contribution is 2.46. The minimum Gasteiger partial charge on any atom is -0.495 e. The van der Waals surface area contributed by atoms with E-state index in [0.717, 1.165) is 53.9 Å². The van der Waals surface area contributed by atoms with E-state index in [1.54, 1.807) is 20.3 Å². The largest absolute Gasteiger partial charge is 0.495 e. The molecule has 8 nitrogen and oxygen atoms in total. The van der Waals surface area contributed by atoms with Crippen molar-refractivity contribution in [3.63, 3.8) is 0 Å². The molecular formula is C29H31Cl2N5O3. The van der Waals surface area contributed by atoms with E-state index in [-0.39, 0.29) is 0 Å². The first-order valence-corrected chi connectivity index (χ1v) is 13.5. The van der Waals surface area contributed by atoms with E-state index in [2.05, 4.69) is 28.9 Å². The SMILES string of the molecule is CNc1cccc(C)c1Nc1cc2c(NCC3CCOC3)nc(-c3c(Cl)c(OC)cc(OC)c3Cl)cc2cn1. The molecule has 1 unspecified atom stereocenters. The zero-order valence-corrected chi connectivity index (χ0v) is 23.8. The van der Waals surface area contributed by atoms with Gasteiger partial charge in [-0.05, 0) is 37.1 Å². The number of anilines is 4. The number of nitrogens with one attached hydrogen (secondary N) is 3. The molecule has 0 amide bonds. The first kappa shape index (κ1) is 27.1. The monoisotopic (exact) mass is 567 g/mol. The minimum absolute atomic E-state index is 0.357. The smallest absolute Gasteiger partial charge is 0.141 e. The third-order valence-corrected chi connectivity index (χ3v) is 7.67. The molecule has 1 aliphatic heterocycles. The van der Waals surface area contributed by atoms with Gasteiger partial charge in [-0.3, -0.25) is 0 Å². The zero-order chi connectivity index (χ0) is 27.5. The van der Waals surface area contributed by atoms with Crippen molar-refractivity contribution in [2.24, 2.45) is 5.92 Å². The average molecular weight is 569 g/mol. The van der Waals surface area contributed by atoms with Crippen molar-refractivity contribution < 1.29 is 14.2 Å². The maximum absolute atomic E-state index is 6.75. The quantitative estimate of drug-likeness (QED) is 0.196. The van der Waals surface area contributed by atoms with Gasteiger partial charge in [-0.25, -0.2) is 9.97 Å². The van der Waals surface area contributed by atoms with Crippen molar-refractivity contribution in [1.82, 2.24) is 9.97 Å². The average Bonchev–Trinajstić information content (AvgIpc) is 3.47. The van der Waals surface area contributed by atoms with Crippen LogP contribution in [-0.2, 0) is 4.74 Å². The van der Waals surface area contributed by atoms with Gasteiger partial charge in [-0.2, -0.15) is 0 Å². The van der Waals surface area contributed by atoms with Crippen LogP contribution in [0, 0.1) is 12.8 Å². The van der Waals surface area contributed by atoms with Crippen molar-refractivity contribution in [2.45, 2.75) is 13.3 Å². The Hall–Kier alpha value is -3.46. The number of para-hydroxylation sites is 1. The molecular weight excluding hydrogens is 537 g/mol. The van der Waals surface area contributed by atoms with Gasteiger partial charge in [0, 0.05) is 54.7 Å². The van der Waals surface area contributed by atoms with E-state index in [4.69, 9.17) is 47.4 Å². The molecule has 10 heteroatoms. The Morgan fingerprint density at radius 3 is 2.51 bits per heavy atom. The topological polar surface area (TPSA) is 89.6 Å². The van der Waals surface area contributed by atoms with Crippen LogP contribution in [0.2, 0.25) is 10.0 Å². The lowest BCUT2D eigenvalue weighted by atomic mass is 10.1. The number of benzene rings is 2. The summed E-state index contributed by atoms with van der Waals surface area (Å²) in [6, 6.07) is 11.7. The van der Waals surface area contributed by atoms with Crippen LogP contribution in [0.5, 0.6) is 11.5 Å². The van der Waals surface area contributed by atoms with Gasteiger partial charge in [0.05, 0.1) is 47.9 Å². The Kier molecular flexibility index (Phi) is 8.16. The van der Waals surface area contributed by atoms with Crippen molar-refractivity contribution in [3.8, 4) is 22.8 Å². The van der Waals surface area contributed by atoms with Crippen molar-refractivity contribution >= 4 is 57.0 Å². The molecule has 1 aliphatic rings. The molecule has 0 spiro atoms. The van der Waals surface area contributed by atoms with Crippen LogP contribution in [0.3, 0.4) is 0 Å². The van der Waals surface area contributed by atoms with Gasteiger partial charge >= 0.3 is 0 Å². The third kappa shape index (κ3) is 5.50. The molecule has 0 radical (unpaired) electrons. The predicted octanol–water partition coefficient (Wildman–Crippen LogP) is 7.16. The van der Waals surface area contributed by atoms with Gasteiger partial charge in [-0.15, -0.1) is 0 Å². The first-order valence-electron chi connectivity index (χ1n) is 12.7. The van der Waals surface area contributed by atoms with Gasteiger partial charge in [0.25, 0.3) is 0 Å². The second kappa shape index (κ2) is 11.7. The Morgan fingerprint density at radius 2 is 1.85 bits per heavy atom. The van der Waals surface area contributed by atoms with Crippen molar-refractivity contribution in [3.05, 3.63) is 58.2 Å². The van der Waals surface area contributed by atoms with E-state index >= 15 is 0 Å². The summed E-state index contributed by atoms with van der Waals surface area (Å²) in [7, 11) is 5.00. The van der Waals surface area contributed by atoms with E-state index in [9.17, 15) is 0 Å². The second-order valence-electron chi connectivity index (χ2n) is 9.41. The number of halogens is 2. The number of aromatic nitrogens is 2. The van der Waals surface area contributed by atoms with Crippen molar-refractivity contribution in [2.75, 3.05) is 57.0 Å². The van der Waals surface area contributed by atoms with Gasteiger partial charge in [-0.1, -0.05) is 35.3 Å². The number of methoxy groups -OCH3 is 2. The summed E-state index contributed by atoms with van der Waals surface area (Å²) in [5, 5.41) is 12.8. The molecule has 0 saturated carbocycles. The summed E-state index contributed by atoms with van der Waals surface area (Å²) in [4.78, 5) is 9.72. The third-order valence-electron chi connectivity index (χ3n) is 6.92. The number of ether oxygens (including phenoxy) is 3. The summed E-state index contributed by atoms with van der Waals surface area (Å²) in [5.74, 6) is 2.70. The highest BCUT2D eigenvalue weighted by atomic mass is 35.5. The Bertz CT molecular complexity index is 1480. The molecule has 39 heavy (non-hydrogen) atoms. The predicted molar refractivity (Wildman–Crippen MR) is 160 cm³/mol. The molecule has 1 fully saturated rings. The normalized spacial score (nSPS) is 14.9. The maximum Gasteiger partial charge on any atom is 0.141 e. The molecule has 1 atom stereocenters. The van der Waals surface area contributed by atoms with E-state index in [1.165, 1.54) is 0 Å². The molecule has 0 bridgehead atoms. The number of aryl methyl sites for hydroxylation is 1. The van der Waals surface area contributed by atoms with Crippen LogP contribution in [0.25, 0.3) is 22.0 Å². The summed E-state index contributed by atoms with van der Waals surface area (Å²) in [5.41, 5.74) is 4.17. The van der Waals surface area contributed by atoms with E-state index in [1.807, 2.05) is 37.5 Å². The fraction of sp³-hybridized carbons (Fsp3) is 0.310. The van der Waals surface area contributed by atoms with Crippen LogP contribution in [0.15, 0.2) is 42.6 Å². The lowest BCUT2D eigenvalue weighted by molar-refractivity contribution is 0.187. The molecule has 0 aliphatic carbocycles. The molecule has 4 aromatic rings. The Labute approximate surface area is 238 Å². The van der Waals surface area contributed by atoms with Gasteiger partial charge in [0.1, 0.15) is 23.1 Å². The van der Waals surface area contributed by atoms with Gasteiger partial charge < -0.3 is 30.2 Å². The fourth-order valence-corrected chi connectivity index (χ4v) is 5.44. The van der Waals surface area contributed by atoms with Crippen LogP contribution < -0.4 is 25.4 Å². The van der Waals surface area contributed by atoms with E-state index < -0.39 is 0 Å². The zero-order valence-electron chi connectivity index (χ0n) is 22.3. The second-order valence-corrected chi connectivity index (χ2v) is 10.2. The Balaban J connectivity index is 1.63. The highest BCUT2D eigenvalue weighted by molar-refractivity contribution is 6.41. The molecule has 3 heterocycles. The number of rotatable bonds is 9. The first-order chi connectivity index (χ1) is 18.9. The summed E-state index contributed by atoms with van der Waals surface area (Å²) in [6.45, 7) is 4.28. The number of nitrogens with zero attached hydrogens (tertiary/aromatic N) is 2.